The molecule has 0 unspecified atom stereocenters. The number of anilines is 2. The van der Waals surface area contributed by atoms with Crippen molar-refractivity contribution in [2.45, 2.75) is 6.92 Å². The fraction of sp³-hybridized carbons (Fsp3) is 0.278. The van der Waals surface area contributed by atoms with Crippen LogP contribution in [0.25, 0.3) is 0 Å². The Morgan fingerprint density at radius 1 is 1.11 bits per heavy atom. The molecule has 7 nitrogen and oxygen atoms in total. The molecule has 2 rings (SSSR count). The number of rotatable bonds is 7. The van der Waals surface area contributed by atoms with Crippen molar-refractivity contribution in [3.05, 3.63) is 47.0 Å². The number of hydrogen-bond acceptors (Lipinski definition) is 5. The number of nitrogens with one attached hydrogen (secondary N) is 1. The minimum atomic E-state index is -3.72. The molecule has 0 aliphatic heterocycles. The van der Waals surface area contributed by atoms with Gasteiger partial charge in [0.05, 0.1) is 36.9 Å². The van der Waals surface area contributed by atoms with Crippen molar-refractivity contribution >= 4 is 38.9 Å². The first-order valence-electron chi connectivity index (χ1n) is 7.91. The monoisotopic (exact) mass is 412 g/mol. The number of methoxy groups -OCH3 is 2. The van der Waals surface area contributed by atoms with E-state index in [2.05, 4.69) is 5.32 Å². The summed E-state index contributed by atoms with van der Waals surface area (Å²) in [6.45, 7) is 1.45. The third-order valence-electron chi connectivity index (χ3n) is 3.74. The van der Waals surface area contributed by atoms with E-state index in [-0.39, 0.29) is 10.7 Å². The Morgan fingerprint density at radius 3 is 2.30 bits per heavy atom. The van der Waals surface area contributed by atoms with E-state index in [0.717, 1.165) is 16.1 Å². The summed E-state index contributed by atoms with van der Waals surface area (Å²) in [5, 5.41) is 2.92. The van der Waals surface area contributed by atoms with Gasteiger partial charge in [0.15, 0.2) is 0 Å². The van der Waals surface area contributed by atoms with Gasteiger partial charge in [-0.3, -0.25) is 9.10 Å². The number of sulfonamides is 1. The van der Waals surface area contributed by atoms with Crippen LogP contribution >= 0.6 is 11.6 Å². The lowest BCUT2D eigenvalue weighted by Crippen LogP contribution is -2.37. The van der Waals surface area contributed by atoms with Gasteiger partial charge in [-0.1, -0.05) is 17.7 Å². The van der Waals surface area contributed by atoms with E-state index in [9.17, 15) is 13.2 Å². The minimum Gasteiger partial charge on any atom is -0.495 e. The molecule has 0 aliphatic carbocycles. The molecule has 146 valence electrons. The molecular weight excluding hydrogens is 392 g/mol. The van der Waals surface area contributed by atoms with E-state index < -0.39 is 22.5 Å². The number of aryl methyl sites for hydroxylation is 1. The first-order valence-corrected chi connectivity index (χ1v) is 10.1. The van der Waals surface area contributed by atoms with Crippen molar-refractivity contribution in [3.63, 3.8) is 0 Å². The summed E-state index contributed by atoms with van der Waals surface area (Å²) in [6.07, 6.45) is 1.02. The van der Waals surface area contributed by atoms with Gasteiger partial charge in [0.25, 0.3) is 0 Å². The Balaban J connectivity index is 2.28. The first kappa shape index (κ1) is 20.9. The van der Waals surface area contributed by atoms with Crippen LogP contribution in [0.2, 0.25) is 5.02 Å². The number of amides is 1. The molecule has 27 heavy (non-hydrogen) atoms. The smallest absolute Gasteiger partial charge is 0.245 e. The van der Waals surface area contributed by atoms with Gasteiger partial charge in [-0.15, -0.1) is 0 Å². The van der Waals surface area contributed by atoms with Crippen molar-refractivity contribution in [1.29, 1.82) is 0 Å². The molecule has 0 fully saturated rings. The lowest BCUT2D eigenvalue weighted by molar-refractivity contribution is -0.114. The number of nitrogens with zero attached hydrogens (tertiary/aromatic N) is 1. The lowest BCUT2D eigenvalue weighted by Gasteiger charge is -2.22. The average Bonchev–Trinajstić information content (AvgIpc) is 2.59. The highest BCUT2D eigenvalue weighted by atomic mass is 35.5. The SMILES string of the molecule is COc1ccc(N(CC(=O)Nc2cc(C)ccc2OC)S(C)(=O)=O)cc1Cl. The van der Waals surface area contributed by atoms with Crippen LogP contribution in [0, 0.1) is 6.92 Å². The number of ether oxygens (including phenoxy) is 2. The highest BCUT2D eigenvalue weighted by Gasteiger charge is 2.22. The van der Waals surface area contributed by atoms with Crippen molar-refractivity contribution in [1.82, 2.24) is 0 Å². The molecule has 2 aromatic rings. The van der Waals surface area contributed by atoms with Crippen LogP contribution in [0.1, 0.15) is 5.56 Å². The second-order valence-electron chi connectivity index (χ2n) is 5.84. The highest BCUT2D eigenvalue weighted by Crippen LogP contribution is 2.30. The number of hydrogen-bond donors (Lipinski definition) is 1. The van der Waals surface area contributed by atoms with E-state index in [1.54, 1.807) is 12.1 Å². The largest absolute Gasteiger partial charge is 0.495 e. The summed E-state index contributed by atoms with van der Waals surface area (Å²) in [5.41, 5.74) is 1.64. The quantitative estimate of drug-likeness (QED) is 0.755. The van der Waals surface area contributed by atoms with E-state index in [1.165, 1.54) is 32.4 Å². The molecule has 0 radical (unpaired) electrons. The van der Waals surface area contributed by atoms with Crippen LogP contribution in [0.5, 0.6) is 11.5 Å². The molecule has 1 N–H and O–H groups in total. The van der Waals surface area contributed by atoms with Gasteiger partial charge in [-0.05, 0) is 42.8 Å². The number of carbonyl (C=O) groups is 1. The Hall–Kier alpha value is -2.45. The van der Waals surface area contributed by atoms with Crippen LogP contribution in [0.3, 0.4) is 0 Å². The van der Waals surface area contributed by atoms with Gasteiger partial charge >= 0.3 is 0 Å². The molecule has 9 heteroatoms. The minimum absolute atomic E-state index is 0.240. The van der Waals surface area contributed by atoms with Crippen molar-refractivity contribution < 1.29 is 22.7 Å². The highest BCUT2D eigenvalue weighted by molar-refractivity contribution is 7.92. The number of benzene rings is 2. The summed E-state index contributed by atoms with van der Waals surface area (Å²) in [4.78, 5) is 12.5. The van der Waals surface area contributed by atoms with Crippen LogP contribution < -0.4 is 19.1 Å². The Bertz CT molecular complexity index is 947. The third-order valence-corrected chi connectivity index (χ3v) is 5.18. The van der Waals surface area contributed by atoms with Gasteiger partial charge in [0.1, 0.15) is 18.0 Å². The molecule has 0 aromatic heterocycles. The van der Waals surface area contributed by atoms with Crippen LogP contribution in [-0.2, 0) is 14.8 Å². The van der Waals surface area contributed by atoms with Gasteiger partial charge in [-0.25, -0.2) is 8.42 Å². The standard InChI is InChI=1S/C18H21ClN2O5S/c1-12-5-7-17(26-3)15(9-12)20-18(22)11-21(27(4,23)24)13-6-8-16(25-2)14(19)10-13/h5-10H,11H2,1-4H3,(H,20,22). The Kier molecular flexibility index (Phi) is 6.56. The molecule has 0 saturated heterocycles. The second kappa shape index (κ2) is 8.49. The molecule has 0 heterocycles. The van der Waals surface area contributed by atoms with Crippen molar-refractivity contribution in [2.75, 3.05) is 36.6 Å². The summed E-state index contributed by atoms with van der Waals surface area (Å²) in [6, 6.07) is 9.80. The maximum absolute atomic E-state index is 12.5. The maximum atomic E-state index is 12.5. The van der Waals surface area contributed by atoms with E-state index in [1.807, 2.05) is 13.0 Å². The third kappa shape index (κ3) is 5.27. The van der Waals surface area contributed by atoms with Crippen LogP contribution in [0.4, 0.5) is 11.4 Å². The zero-order valence-electron chi connectivity index (χ0n) is 15.4. The fourth-order valence-electron chi connectivity index (χ4n) is 2.45. The predicted octanol–water partition coefficient (Wildman–Crippen LogP) is 3.07. The van der Waals surface area contributed by atoms with Gasteiger partial charge in [0, 0.05) is 0 Å². The molecule has 0 saturated carbocycles. The van der Waals surface area contributed by atoms with Gasteiger partial charge in [-0.2, -0.15) is 0 Å². The molecule has 2 aromatic carbocycles. The van der Waals surface area contributed by atoms with Crippen molar-refractivity contribution in [2.24, 2.45) is 0 Å². The Morgan fingerprint density at radius 2 is 1.74 bits per heavy atom. The average molecular weight is 413 g/mol. The zero-order valence-corrected chi connectivity index (χ0v) is 17.0. The van der Waals surface area contributed by atoms with E-state index >= 15 is 0 Å². The summed E-state index contributed by atoms with van der Waals surface area (Å²) in [5.74, 6) is 0.367. The zero-order chi connectivity index (χ0) is 20.2. The predicted molar refractivity (Wildman–Crippen MR) is 107 cm³/mol. The molecule has 1 amide bonds. The first-order chi connectivity index (χ1) is 12.7. The lowest BCUT2D eigenvalue weighted by atomic mass is 10.2. The number of carbonyl (C=O) groups excluding carboxylic acids is 1. The van der Waals surface area contributed by atoms with Crippen LogP contribution in [-0.4, -0.2) is 41.3 Å². The topological polar surface area (TPSA) is 84.9 Å². The van der Waals surface area contributed by atoms with Crippen molar-refractivity contribution in [3.8, 4) is 11.5 Å². The van der Waals surface area contributed by atoms with E-state index in [0.29, 0.717) is 17.2 Å². The van der Waals surface area contributed by atoms with Gasteiger partial charge < -0.3 is 14.8 Å². The summed E-state index contributed by atoms with van der Waals surface area (Å²) >= 11 is 6.08. The number of halogens is 1. The summed E-state index contributed by atoms with van der Waals surface area (Å²) in [7, 11) is -0.779. The summed E-state index contributed by atoms with van der Waals surface area (Å²) < 4.78 is 35.7. The molecule has 0 bridgehead atoms. The second-order valence-corrected chi connectivity index (χ2v) is 8.15. The maximum Gasteiger partial charge on any atom is 0.245 e. The molecule has 0 aliphatic rings. The van der Waals surface area contributed by atoms with Gasteiger partial charge in [0.2, 0.25) is 15.9 Å². The molecule has 0 spiro atoms. The normalized spacial score (nSPS) is 11.0. The molecular formula is C18H21ClN2O5S. The Labute approximate surface area is 163 Å². The molecule has 0 atom stereocenters. The fourth-order valence-corrected chi connectivity index (χ4v) is 3.55. The van der Waals surface area contributed by atoms with E-state index in [4.69, 9.17) is 21.1 Å². The van der Waals surface area contributed by atoms with Crippen LogP contribution in [0.15, 0.2) is 36.4 Å².